The Morgan fingerprint density at radius 1 is 0.836 bits per heavy atom. The van der Waals surface area contributed by atoms with Crippen LogP contribution in [-0.2, 0) is 20.3 Å². The van der Waals surface area contributed by atoms with Gasteiger partial charge in [-0.3, -0.25) is 0 Å². The van der Waals surface area contributed by atoms with Crippen LogP contribution in [0.4, 0.5) is 11.4 Å². The van der Waals surface area contributed by atoms with E-state index in [1.54, 1.807) is 12.2 Å². The molecule has 4 aliphatic rings. The maximum atomic E-state index is 10.2. The third-order valence-corrected chi connectivity index (χ3v) is 11.4. The van der Waals surface area contributed by atoms with Crippen LogP contribution >= 0.6 is 0 Å². The number of hydrogen-bond acceptors (Lipinski definition) is 7. The maximum absolute atomic E-state index is 10.2. The molecule has 280 valence electrons. The van der Waals surface area contributed by atoms with E-state index in [9.17, 15) is 15.8 Å². The average Bonchev–Trinajstić information content (AvgIpc) is 3.15. The molecule has 0 saturated heterocycles. The maximum Gasteiger partial charge on any atom is 0.137 e. The Kier molecular flexibility index (Phi) is 11.1. The van der Waals surface area contributed by atoms with Crippen LogP contribution in [0, 0.1) is 39.9 Å². The van der Waals surface area contributed by atoms with E-state index in [-0.39, 0.29) is 22.3 Å². The number of nitrogens with zero attached hydrogens (tertiary/aromatic N) is 5. The van der Waals surface area contributed by atoms with Gasteiger partial charge in [0.25, 0.3) is 0 Å². The Morgan fingerprint density at radius 3 is 2.15 bits per heavy atom. The van der Waals surface area contributed by atoms with Gasteiger partial charge in [0.15, 0.2) is 0 Å². The molecule has 0 aliphatic carbocycles. The van der Waals surface area contributed by atoms with Crippen LogP contribution in [-0.4, -0.2) is 27.2 Å². The number of allylic oxidation sites excluding steroid dienone is 12. The second kappa shape index (κ2) is 15.8. The molecule has 0 bridgehead atoms. The summed E-state index contributed by atoms with van der Waals surface area (Å²) in [4.78, 5) is 4.66. The van der Waals surface area contributed by atoms with Crippen molar-refractivity contribution in [1.29, 1.82) is 15.8 Å². The molecule has 1 unspecified atom stereocenters. The minimum absolute atomic E-state index is 0.00181. The molecule has 0 saturated carbocycles. The van der Waals surface area contributed by atoms with Crippen molar-refractivity contribution < 1.29 is 9.47 Å². The predicted octanol–water partition coefficient (Wildman–Crippen LogP) is 10.8. The summed E-state index contributed by atoms with van der Waals surface area (Å²) in [7, 11) is 4.07. The van der Waals surface area contributed by atoms with Crippen LogP contribution in [0.25, 0.3) is 12.2 Å². The minimum Gasteiger partial charge on any atom is -0.462 e. The van der Waals surface area contributed by atoms with Gasteiger partial charge in [-0.2, -0.15) is 15.8 Å². The van der Waals surface area contributed by atoms with E-state index >= 15 is 0 Å². The van der Waals surface area contributed by atoms with Gasteiger partial charge in [0.1, 0.15) is 40.7 Å². The molecule has 0 radical (unpaired) electrons. The fourth-order valence-corrected chi connectivity index (χ4v) is 7.95. The van der Waals surface area contributed by atoms with Gasteiger partial charge in [-0.25, -0.2) is 0 Å². The summed E-state index contributed by atoms with van der Waals surface area (Å²) in [6, 6.07) is 19.5. The zero-order valence-electron chi connectivity index (χ0n) is 33.5. The van der Waals surface area contributed by atoms with Gasteiger partial charge >= 0.3 is 0 Å². The van der Waals surface area contributed by atoms with Crippen LogP contribution in [0.5, 0.6) is 0 Å². The summed E-state index contributed by atoms with van der Waals surface area (Å²) in [5.41, 5.74) is 9.41. The predicted molar refractivity (Wildman–Crippen MR) is 222 cm³/mol. The van der Waals surface area contributed by atoms with Gasteiger partial charge < -0.3 is 19.3 Å². The first-order chi connectivity index (χ1) is 26.3. The minimum atomic E-state index is -0.205. The molecule has 7 nitrogen and oxygen atoms in total. The zero-order valence-corrected chi connectivity index (χ0v) is 33.5. The molecular weight excluding hydrogens is 679 g/mol. The Hall–Kier alpha value is -5.97. The smallest absolute Gasteiger partial charge is 0.137 e. The first kappa shape index (κ1) is 38.7. The van der Waals surface area contributed by atoms with Crippen LogP contribution in [0.2, 0.25) is 0 Å². The standard InChI is InChI=1S/C48H51N5O2/c1-9-10-35(28-49)37-25-42(17-13-33-11-15-40(16-12-33)52(7)8)55-43(26-37)27-39-31-53-20-19-47(3,4)44-22-34(23-45(46(44)53)48(39,5)6)14-18-41-24-36(21-32(2)54-41)38(29-50)30-51/h11-18,21-26,39H,9-10,19-20,27,31H2,1-8H3/b17-13+,18-14+,37-35+. The highest BCUT2D eigenvalue weighted by atomic mass is 16.5. The molecule has 0 fully saturated rings. The van der Waals surface area contributed by atoms with Gasteiger partial charge in [0.2, 0.25) is 0 Å². The lowest BCUT2D eigenvalue weighted by molar-refractivity contribution is 0.229. The number of nitriles is 3. The molecular formula is C48H51N5O2. The van der Waals surface area contributed by atoms with Crippen molar-refractivity contribution in [3.05, 3.63) is 140 Å². The van der Waals surface area contributed by atoms with E-state index < -0.39 is 0 Å². The lowest BCUT2D eigenvalue weighted by atomic mass is 9.64. The van der Waals surface area contributed by atoms with E-state index in [2.05, 4.69) is 105 Å². The Morgan fingerprint density at radius 2 is 1.49 bits per heavy atom. The summed E-state index contributed by atoms with van der Waals surface area (Å²) < 4.78 is 12.7. The molecule has 2 aromatic carbocycles. The van der Waals surface area contributed by atoms with Crippen molar-refractivity contribution in [2.24, 2.45) is 5.92 Å². The van der Waals surface area contributed by atoms with Crippen LogP contribution < -0.4 is 9.80 Å². The van der Waals surface area contributed by atoms with Gasteiger partial charge in [-0.05, 0) is 125 Å². The topological polar surface area (TPSA) is 96.3 Å². The molecule has 6 rings (SSSR count). The van der Waals surface area contributed by atoms with Crippen molar-refractivity contribution in [2.45, 2.75) is 78.1 Å². The van der Waals surface area contributed by atoms with E-state index in [0.29, 0.717) is 23.5 Å². The number of hydrogen-bond donors (Lipinski definition) is 0. The van der Waals surface area contributed by atoms with Crippen molar-refractivity contribution in [1.82, 2.24) is 0 Å². The summed E-state index contributed by atoms with van der Waals surface area (Å²) in [6.45, 7) is 15.2. The van der Waals surface area contributed by atoms with Crippen LogP contribution in [0.15, 0.2) is 118 Å². The largest absolute Gasteiger partial charge is 0.462 e. The zero-order chi connectivity index (χ0) is 39.5. The highest BCUT2D eigenvalue weighted by molar-refractivity contribution is 5.72. The lowest BCUT2D eigenvalue weighted by Gasteiger charge is -2.52. The normalized spacial score (nSPS) is 20.4. The molecule has 2 aromatic rings. The summed E-state index contributed by atoms with van der Waals surface area (Å²) >= 11 is 0. The lowest BCUT2D eigenvalue weighted by Crippen LogP contribution is -2.50. The van der Waals surface area contributed by atoms with Crippen LogP contribution in [0.1, 0.15) is 89.5 Å². The first-order valence-electron chi connectivity index (χ1n) is 19.2. The Labute approximate surface area is 327 Å². The molecule has 0 N–H and O–H groups in total. The number of benzene rings is 2. The van der Waals surface area contributed by atoms with E-state index in [0.717, 1.165) is 71.8 Å². The van der Waals surface area contributed by atoms with Gasteiger partial charge in [-0.1, -0.05) is 65.3 Å². The second-order valence-electron chi connectivity index (χ2n) is 16.3. The monoisotopic (exact) mass is 729 g/mol. The average molecular weight is 730 g/mol. The molecule has 7 heteroatoms. The van der Waals surface area contributed by atoms with Crippen molar-refractivity contribution in [2.75, 3.05) is 37.0 Å². The third kappa shape index (κ3) is 8.25. The molecule has 0 aromatic heterocycles. The summed E-state index contributed by atoms with van der Waals surface area (Å²) in [5, 5.41) is 29.1. The number of anilines is 2. The van der Waals surface area contributed by atoms with E-state index in [4.69, 9.17) is 9.47 Å². The number of ether oxygens (including phenoxy) is 2. The first-order valence-corrected chi connectivity index (χ1v) is 19.2. The molecule has 4 heterocycles. The Bertz CT molecular complexity index is 2230. The van der Waals surface area contributed by atoms with Gasteiger partial charge in [0, 0.05) is 56.1 Å². The Balaban J connectivity index is 1.34. The highest BCUT2D eigenvalue weighted by Crippen LogP contribution is 2.52. The third-order valence-electron chi connectivity index (χ3n) is 11.4. The fraction of sp³-hybridized carbons (Fsp3) is 0.354. The molecule has 0 spiro atoms. The quantitative estimate of drug-likeness (QED) is 0.237. The molecule has 0 amide bonds. The van der Waals surface area contributed by atoms with Crippen molar-refractivity contribution >= 4 is 23.5 Å². The van der Waals surface area contributed by atoms with Crippen molar-refractivity contribution in [3.63, 3.8) is 0 Å². The second-order valence-corrected chi connectivity index (χ2v) is 16.3. The van der Waals surface area contributed by atoms with E-state index in [1.165, 1.54) is 16.8 Å². The summed E-state index contributed by atoms with van der Waals surface area (Å²) in [5.74, 6) is 3.05. The highest BCUT2D eigenvalue weighted by Gasteiger charge is 2.45. The SMILES string of the molecule is CCC/C(C#N)=C1C=C(/C=C/c2ccc(N(C)C)cc2)OC(CC2CN3CCC(C)(C)c4cc(/C=C/C5=CC(=C(C#N)C#N)C=C(C)O5)cc(c43)C2(C)C)=C/1. The van der Waals surface area contributed by atoms with E-state index in [1.807, 2.05) is 51.4 Å². The molecule has 55 heavy (non-hydrogen) atoms. The fourth-order valence-electron chi connectivity index (χ4n) is 7.95. The summed E-state index contributed by atoms with van der Waals surface area (Å²) in [6.07, 6.45) is 19.0. The van der Waals surface area contributed by atoms with Gasteiger partial charge in [-0.15, -0.1) is 0 Å². The van der Waals surface area contributed by atoms with Crippen LogP contribution in [0.3, 0.4) is 0 Å². The van der Waals surface area contributed by atoms with Crippen molar-refractivity contribution in [3.8, 4) is 18.2 Å². The number of rotatable bonds is 9. The van der Waals surface area contributed by atoms with Gasteiger partial charge in [0.05, 0.1) is 6.07 Å². The molecule has 1 atom stereocenters. The molecule has 4 aliphatic heterocycles.